The number of hydrogen-bond donors (Lipinski definition) is 2. The van der Waals surface area contributed by atoms with Crippen molar-refractivity contribution in [2.75, 3.05) is 20.1 Å². The molecule has 0 fully saturated rings. The number of likely N-dealkylation sites (N-methyl/N-ethyl adjacent to an activating group) is 1. The van der Waals surface area contributed by atoms with Crippen LogP contribution in [0.2, 0.25) is 0 Å². The molecule has 0 atom stereocenters. The Bertz CT molecular complexity index is 364. The van der Waals surface area contributed by atoms with E-state index in [1.54, 1.807) is 0 Å². The smallest absolute Gasteiger partial charge is 0.410 e. The highest BCUT2D eigenvalue weighted by atomic mass is 16.6. The van der Waals surface area contributed by atoms with E-state index in [0.717, 1.165) is 12.1 Å². The van der Waals surface area contributed by atoms with Gasteiger partial charge >= 0.3 is 6.09 Å². The molecule has 1 aromatic rings. The van der Waals surface area contributed by atoms with Crippen LogP contribution in [0.25, 0.3) is 0 Å². The predicted octanol–water partition coefficient (Wildman–Crippen LogP) is 2.12. The second-order valence-electron chi connectivity index (χ2n) is 4.11. The number of rotatable bonds is 5. The van der Waals surface area contributed by atoms with Gasteiger partial charge in [0.1, 0.15) is 5.75 Å². The fourth-order valence-corrected chi connectivity index (χ4v) is 1.48. The first-order valence-corrected chi connectivity index (χ1v) is 5.84. The number of hydrogen-bond acceptors (Lipinski definition) is 3. The zero-order valence-corrected chi connectivity index (χ0v) is 10.6. The summed E-state index contributed by atoms with van der Waals surface area (Å²) in [5, 5.41) is 5.62. The molecule has 4 heteroatoms. The molecular weight excluding hydrogens is 216 g/mol. The van der Waals surface area contributed by atoms with Crippen LogP contribution in [-0.4, -0.2) is 26.2 Å². The summed E-state index contributed by atoms with van der Waals surface area (Å²) in [6, 6.07) is 7.59. The van der Waals surface area contributed by atoms with Crippen molar-refractivity contribution < 1.29 is 9.53 Å². The number of amides is 1. The fourth-order valence-electron chi connectivity index (χ4n) is 1.48. The molecule has 0 unspecified atom stereocenters. The van der Waals surface area contributed by atoms with Gasteiger partial charge < -0.3 is 15.4 Å². The molecule has 0 aliphatic carbocycles. The van der Waals surface area contributed by atoms with E-state index in [9.17, 15) is 4.79 Å². The number of para-hydroxylation sites is 1. The minimum absolute atomic E-state index is 0.330. The maximum Gasteiger partial charge on any atom is 0.412 e. The number of ether oxygens (including phenoxy) is 1. The summed E-state index contributed by atoms with van der Waals surface area (Å²) in [5.74, 6) is 0.959. The molecule has 0 saturated carbocycles. The van der Waals surface area contributed by atoms with Crippen molar-refractivity contribution in [2.24, 2.45) is 0 Å². The Morgan fingerprint density at radius 2 is 2.00 bits per heavy atom. The molecule has 0 bridgehead atoms. The van der Waals surface area contributed by atoms with Gasteiger partial charge in [0.05, 0.1) is 0 Å². The largest absolute Gasteiger partial charge is 0.412 e. The van der Waals surface area contributed by atoms with Gasteiger partial charge in [-0.25, -0.2) is 4.79 Å². The van der Waals surface area contributed by atoms with E-state index in [1.807, 2.05) is 31.3 Å². The normalized spacial score (nSPS) is 10.4. The van der Waals surface area contributed by atoms with Crippen molar-refractivity contribution >= 4 is 6.09 Å². The molecule has 0 aliphatic rings. The number of benzene rings is 1. The van der Waals surface area contributed by atoms with E-state index >= 15 is 0 Å². The Balaban J connectivity index is 2.58. The van der Waals surface area contributed by atoms with Gasteiger partial charge in [-0.05, 0) is 24.6 Å². The van der Waals surface area contributed by atoms with E-state index in [1.165, 1.54) is 0 Å². The lowest BCUT2D eigenvalue weighted by molar-refractivity contribution is 0.200. The average molecular weight is 236 g/mol. The number of carbonyl (C=O) groups is 1. The van der Waals surface area contributed by atoms with Gasteiger partial charge in [0.25, 0.3) is 0 Å². The highest BCUT2D eigenvalue weighted by Crippen LogP contribution is 2.25. The first kappa shape index (κ1) is 13.5. The summed E-state index contributed by atoms with van der Waals surface area (Å²) in [5.41, 5.74) is 1.04. The van der Waals surface area contributed by atoms with Crippen LogP contribution in [0.3, 0.4) is 0 Å². The third kappa shape index (κ3) is 4.44. The minimum Gasteiger partial charge on any atom is -0.410 e. The molecule has 4 nitrogen and oxygen atoms in total. The lowest BCUT2D eigenvalue weighted by Gasteiger charge is -2.12. The van der Waals surface area contributed by atoms with Gasteiger partial charge in [-0.3, -0.25) is 0 Å². The highest BCUT2D eigenvalue weighted by Gasteiger charge is 2.10. The van der Waals surface area contributed by atoms with Crippen molar-refractivity contribution in [3.63, 3.8) is 0 Å². The van der Waals surface area contributed by atoms with Gasteiger partial charge in [-0.15, -0.1) is 0 Å². The van der Waals surface area contributed by atoms with Crippen LogP contribution in [0.1, 0.15) is 25.3 Å². The summed E-state index contributed by atoms with van der Waals surface area (Å²) >= 11 is 0. The first-order valence-electron chi connectivity index (χ1n) is 5.84. The molecule has 17 heavy (non-hydrogen) atoms. The Labute approximate surface area is 102 Å². The fraction of sp³-hybridized carbons (Fsp3) is 0.462. The lowest BCUT2D eigenvalue weighted by Crippen LogP contribution is -2.32. The Hall–Kier alpha value is -1.55. The zero-order valence-electron chi connectivity index (χ0n) is 10.6. The number of carbonyl (C=O) groups excluding carboxylic acids is 1. The second kappa shape index (κ2) is 6.91. The molecule has 0 aromatic heterocycles. The molecule has 0 heterocycles. The van der Waals surface area contributed by atoms with E-state index in [2.05, 4.69) is 24.5 Å². The van der Waals surface area contributed by atoms with Crippen LogP contribution in [0.4, 0.5) is 4.79 Å². The first-order chi connectivity index (χ1) is 8.15. The number of nitrogens with one attached hydrogen (secondary N) is 2. The Morgan fingerprint density at radius 3 is 2.65 bits per heavy atom. The molecule has 0 saturated heterocycles. The van der Waals surface area contributed by atoms with Crippen LogP contribution in [0, 0.1) is 0 Å². The SMILES string of the molecule is CNCCNC(=O)Oc1ccccc1C(C)C. The standard InChI is InChI=1S/C13H20N2O2/c1-10(2)11-6-4-5-7-12(11)17-13(16)15-9-8-14-3/h4-7,10,14H,8-9H2,1-3H3,(H,15,16). The van der Waals surface area contributed by atoms with Crippen molar-refractivity contribution in [3.8, 4) is 5.75 Å². The third-order valence-corrected chi connectivity index (χ3v) is 2.39. The van der Waals surface area contributed by atoms with Crippen molar-refractivity contribution in [3.05, 3.63) is 29.8 Å². The van der Waals surface area contributed by atoms with Crippen molar-refractivity contribution in [2.45, 2.75) is 19.8 Å². The average Bonchev–Trinajstić information content (AvgIpc) is 2.29. The minimum atomic E-state index is -0.409. The summed E-state index contributed by atoms with van der Waals surface area (Å²) < 4.78 is 5.28. The molecule has 2 N–H and O–H groups in total. The Kier molecular flexibility index (Phi) is 5.49. The van der Waals surface area contributed by atoms with Crippen LogP contribution >= 0.6 is 0 Å². The molecule has 0 aliphatic heterocycles. The maximum absolute atomic E-state index is 11.5. The molecule has 0 spiro atoms. The highest BCUT2D eigenvalue weighted by molar-refractivity contribution is 5.70. The van der Waals surface area contributed by atoms with Gasteiger partial charge in [0.2, 0.25) is 0 Å². The quantitative estimate of drug-likeness (QED) is 0.770. The van der Waals surface area contributed by atoms with Gasteiger partial charge in [0.15, 0.2) is 0 Å². The van der Waals surface area contributed by atoms with E-state index in [0.29, 0.717) is 18.2 Å². The van der Waals surface area contributed by atoms with E-state index in [-0.39, 0.29) is 0 Å². The lowest BCUT2D eigenvalue weighted by atomic mass is 10.0. The zero-order chi connectivity index (χ0) is 12.7. The third-order valence-electron chi connectivity index (χ3n) is 2.39. The van der Waals surface area contributed by atoms with Gasteiger partial charge in [0, 0.05) is 13.1 Å². The van der Waals surface area contributed by atoms with E-state index < -0.39 is 6.09 Å². The second-order valence-corrected chi connectivity index (χ2v) is 4.11. The Morgan fingerprint density at radius 1 is 1.29 bits per heavy atom. The molecule has 0 radical (unpaired) electrons. The molecule has 1 amide bonds. The van der Waals surface area contributed by atoms with Crippen LogP contribution in [0.5, 0.6) is 5.75 Å². The van der Waals surface area contributed by atoms with Crippen LogP contribution in [-0.2, 0) is 0 Å². The summed E-state index contributed by atoms with van der Waals surface area (Å²) in [4.78, 5) is 11.5. The summed E-state index contributed by atoms with van der Waals surface area (Å²) in [7, 11) is 1.83. The van der Waals surface area contributed by atoms with Gasteiger partial charge in [-0.1, -0.05) is 32.0 Å². The van der Waals surface area contributed by atoms with Crippen molar-refractivity contribution in [1.29, 1.82) is 0 Å². The predicted molar refractivity (Wildman–Crippen MR) is 68.5 cm³/mol. The van der Waals surface area contributed by atoms with Crippen LogP contribution < -0.4 is 15.4 Å². The molecular formula is C13H20N2O2. The molecule has 94 valence electrons. The summed E-state index contributed by atoms with van der Waals surface area (Å²) in [6.45, 7) is 5.42. The maximum atomic E-state index is 11.5. The monoisotopic (exact) mass is 236 g/mol. The van der Waals surface area contributed by atoms with Gasteiger partial charge in [-0.2, -0.15) is 0 Å². The molecule has 1 rings (SSSR count). The van der Waals surface area contributed by atoms with Crippen molar-refractivity contribution in [1.82, 2.24) is 10.6 Å². The topological polar surface area (TPSA) is 50.4 Å². The molecule has 1 aromatic carbocycles. The van der Waals surface area contributed by atoms with E-state index in [4.69, 9.17) is 4.74 Å². The summed E-state index contributed by atoms with van der Waals surface area (Å²) in [6.07, 6.45) is -0.409. The van der Waals surface area contributed by atoms with Crippen LogP contribution in [0.15, 0.2) is 24.3 Å².